The molecule has 1 aromatic heterocycles. The van der Waals surface area contributed by atoms with Gasteiger partial charge in [-0.15, -0.1) is 16.9 Å². The summed E-state index contributed by atoms with van der Waals surface area (Å²) in [5, 5.41) is 11.2. The third-order valence-electron chi connectivity index (χ3n) is 2.45. The second kappa shape index (κ2) is 7.15. The fourth-order valence-electron chi connectivity index (χ4n) is 1.43. The van der Waals surface area contributed by atoms with E-state index in [0.717, 1.165) is 0 Å². The molecule has 0 saturated heterocycles. The van der Waals surface area contributed by atoms with Gasteiger partial charge >= 0.3 is 6.01 Å². The van der Waals surface area contributed by atoms with Crippen LogP contribution in [0.2, 0.25) is 10.0 Å². The molecule has 0 unspecified atom stereocenters. The van der Waals surface area contributed by atoms with Crippen molar-refractivity contribution in [2.45, 2.75) is 24.7 Å². The van der Waals surface area contributed by atoms with E-state index in [1.165, 1.54) is 11.8 Å². The van der Waals surface area contributed by atoms with Crippen LogP contribution in [0.25, 0.3) is 0 Å². The average molecular weight is 346 g/mol. The van der Waals surface area contributed by atoms with Crippen LogP contribution in [0.15, 0.2) is 27.5 Å². The molecular weight excluding hydrogens is 333 g/mol. The summed E-state index contributed by atoms with van der Waals surface area (Å²) in [5.74, 6) is 0.463. The quantitative estimate of drug-likeness (QED) is 0.821. The van der Waals surface area contributed by atoms with E-state index in [1.54, 1.807) is 18.2 Å². The summed E-state index contributed by atoms with van der Waals surface area (Å²) < 4.78 is 5.30. The smallest absolute Gasteiger partial charge is 0.322 e. The summed E-state index contributed by atoms with van der Waals surface area (Å²) in [6.45, 7) is 3.85. The van der Waals surface area contributed by atoms with Gasteiger partial charge in [0.1, 0.15) is 0 Å². The van der Waals surface area contributed by atoms with E-state index < -0.39 is 0 Å². The highest BCUT2D eigenvalue weighted by atomic mass is 35.5. The molecule has 0 radical (unpaired) electrons. The van der Waals surface area contributed by atoms with Gasteiger partial charge in [0.05, 0.1) is 15.8 Å². The van der Waals surface area contributed by atoms with Gasteiger partial charge in [-0.3, -0.25) is 10.1 Å². The number of carbonyl (C=O) groups excluding carboxylic acids is 1. The number of rotatable bonds is 5. The molecule has 1 heterocycles. The van der Waals surface area contributed by atoms with E-state index in [9.17, 15) is 4.79 Å². The first-order chi connectivity index (χ1) is 9.97. The number of carbonyl (C=O) groups is 1. The summed E-state index contributed by atoms with van der Waals surface area (Å²) in [6, 6.07) is 5.29. The summed E-state index contributed by atoms with van der Waals surface area (Å²) in [7, 11) is 0. The minimum Gasteiger partial charge on any atom is -0.408 e. The van der Waals surface area contributed by atoms with Gasteiger partial charge in [0.15, 0.2) is 0 Å². The van der Waals surface area contributed by atoms with Crippen molar-refractivity contribution in [3.05, 3.63) is 34.1 Å². The standard InChI is InChI=1S/C13H13Cl2N3O2S/c1-7(2)12-17-18-13(20-12)16-10(19)6-21-11-8(14)4-3-5-9(11)15/h3-5,7H,6H2,1-2H3,(H,16,18,19). The Morgan fingerprint density at radius 2 is 2.00 bits per heavy atom. The molecule has 0 spiro atoms. The maximum Gasteiger partial charge on any atom is 0.322 e. The summed E-state index contributed by atoms with van der Waals surface area (Å²) in [4.78, 5) is 12.5. The zero-order valence-electron chi connectivity index (χ0n) is 11.4. The highest BCUT2D eigenvalue weighted by Crippen LogP contribution is 2.33. The molecule has 112 valence electrons. The van der Waals surface area contributed by atoms with Crippen LogP contribution in [0.3, 0.4) is 0 Å². The van der Waals surface area contributed by atoms with Crippen molar-refractivity contribution in [3.63, 3.8) is 0 Å². The van der Waals surface area contributed by atoms with E-state index in [-0.39, 0.29) is 23.6 Å². The number of halogens is 2. The average Bonchev–Trinajstić information content (AvgIpc) is 2.87. The van der Waals surface area contributed by atoms with E-state index in [1.807, 2.05) is 13.8 Å². The summed E-state index contributed by atoms with van der Waals surface area (Å²) >= 11 is 13.3. The molecule has 8 heteroatoms. The van der Waals surface area contributed by atoms with E-state index in [2.05, 4.69) is 15.5 Å². The number of anilines is 1. The third kappa shape index (κ3) is 4.36. The van der Waals surface area contributed by atoms with Crippen LogP contribution >= 0.6 is 35.0 Å². The number of benzene rings is 1. The monoisotopic (exact) mass is 345 g/mol. The van der Waals surface area contributed by atoms with Gasteiger partial charge in [0, 0.05) is 10.8 Å². The van der Waals surface area contributed by atoms with E-state index in [4.69, 9.17) is 27.6 Å². The van der Waals surface area contributed by atoms with Crippen LogP contribution in [0, 0.1) is 0 Å². The molecule has 21 heavy (non-hydrogen) atoms. The number of hydrogen-bond acceptors (Lipinski definition) is 5. The molecule has 0 atom stereocenters. The molecule has 0 aliphatic heterocycles. The van der Waals surface area contributed by atoms with Gasteiger partial charge in [-0.05, 0) is 12.1 Å². The Morgan fingerprint density at radius 1 is 1.33 bits per heavy atom. The predicted octanol–water partition coefficient (Wildman–Crippen LogP) is 4.23. The number of nitrogens with zero attached hydrogens (tertiary/aromatic N) is 2. The minimum atomic E-state index is -0.269. The van der Waals surface area contributed by atoms with Crippen molar-refractivity contribution in [1.29, 1.82) is 0 Å². The molecule has 2 aromatic rings. The lowest BCUT2D eigenvalue weighted by Gasteiger charge is -2.05. The molecule has 1 N–H and O–H groups in total. The molecule has 0 fully saturated rings. The highest BCUT2D eigenvalue weighted by molar-refractivity contribution is 8.00. The first kappa shape index (κ1) is 16.1. The zero-order valence-corrected chi connectivity index (χ0v) is 13.7. The fraction of sp³-hybridized carbons (Fsp3) is 0.308. The highest BCUT2D eigenvalue weighted by Gasteiger charge is 2.13. The molecular formula is C13H13Cl2N3O2S. The van der Waals surface area contributed by atoms with Crippen LogP contribution in [-0.2, 0) is 4.79 Å². The van der Waals surface area contributed by atoms with Crippen molar-refractivity contribution in [2.24, 2.45) is 0 Å². The lowest BCUT2D eigenvalue weighted by molar-refractivity contribution is -0.113. The molecule has 5 nitrogen and oxygen atoms in total. The van der Waals surface area contributed by atoms with Crippen LogP contribution in [-0.4, -0.2) is 21.9 Å². The van der Waals surface area contributed by atoms with Gasteiger partial charge in [0.25, 0.3) is 0 Å². The lowest BCUT2D eigenvalue weighted by Crippen LogP contribution is -2.14. The van der Waals surface area contributed by atoms with Gasteiger partial charge in [-0.25, -0.2) is 0 Å². The topological polar surface area (TPSA) is 68.0 Å². The molecule has 1 aromatic carbocycles. The number of nitrogens with one attached hydrogen (secondary N) is 1. The maximum absolute atomic E-state index is 11.8. The van der Waals surface area contributed by atoms with Gasteiger partial charge in [-0.2, -0.15) is 0 Å². The molecule has 0 saturated carbocycles. The van der Waals surface area contributed by atoms with Gasteiger partial charge in [0.2, 0.25) is 11.8 Å². The van der Waals surface area contributed by atoms with Gasteiger partial charge < -0.3 is 4.42 Å². The van der Waals surface area contributed by atoms with E-state index in [0.29, 0.717) is 20.8 Å². The van der Waals surface area contributed by atoms with Crippen molar-refractivity contribution in [1.82, 2.24) is 10.2 Å². The molecule has 0 bridgehead atoms. The van der Waals surface area contributed by atoms with Crippen molar-refractivity contribution >= 4 is 46.9 Å². The van der Waals surface area contributed by atoms with Crippen molar-refractivity contribution < 1.29 is 9.21 Å². The Bertz CT molecular complexity index is 626. The first-order valence-corrected chi connectivity index (χ1v) is 7.91. The predicted molar refractivity (Wildman–Crippen MR) is 84.2 cm³/mol. The normalized spacial score (nSPS) is 10.9. The molecule has 2 rings (SSSR count). The van der Waals surface area contributed by atoms with Crippen LogP contribution < -0.4 is 5.32 Å². The van der Waals surface area contributed by atoms with Crippen molar-refractivity contribution in [2.75, 3.05) is 11.1 Å². The molecule has 0 aliphatic carbocycles. The number of aromatic nitrogens is 2. The van der Waals surface area contributed by atoms with E-state index >= 15 is 0 Å². The summed E-state index contributed by atoms with van der Waals surface area (Å²) in [6.07, 6.45) is 0. The number of hydrogen-bond donors (Lipinski definition) is 1. The fourth-order valence-corrected chi connectivity index (χ4v) is 2.92. The summed E-state index contributed by atoms with van der Waals surface area (Å²) in [5.41, 5.74) is 0. The molecule has 1 amide bonds. The molecule has 0 aliphatic rings. The largest absolute Gasteiger partial charge is 0.408 e. The number of amides is 1. The SMILES string of the molecule is CC(C)c1nnc(NC(=O)CSc2c(Cl)cccc2Cl)o1. The van der Waals surface area contributed by atoms with Gasteiger partial charge in [-0.1, -0.05) is 48.2 Å². The first-order valence-electron chi connectivity index (χ1n) is 6.17. The zero-order chi connectivity index (χ0) is 15.4. The number of thioether (sulfide) groups is 1. The third-order valence-corrected chi connectivity index (χ3v) is 4.44. The lowest BCUT2D eigenvalue weighted by atomic mass is 10.2. The Balaban J connectivity index is 1.93. The minimum absolute atomic E-state index is 0.0922. The van der Waals surface area contributed by atoms with Crippen LogP contribution in [0.5, 0.6) is 0 Å². The Labute approximate surface area is 136 Å². The maximum atomic E-state index is 11.8. The van der Waals surface area contributed by atoms with Crippen LogP contribution in [0.4, 0.5) is 6.01 Å². The van der Waals surface area contributed by atoms with Crippen molar-refractivity contribution in [3.8, 4) is 0 Å². The Morgan fingerprint density at radius 3 is 2.57 bits per heavy atom. The van der Waals surface area contributed by atoms with Crippen LogP contribution in [0.1, 0.15) is 25.7 Å². The second-order valence-electron chi connectivity index (χ2n) is 4.49. The second-order valence-corrected chi connectivity index (χ2v) is 6.29. The Hall–Kier alpha value is -1.24. The Kier molecular flexibility index (Phi) is 5.50.